The molecule has 1 heterocycles. The maximum Gasteiger partial charge on any atom is 0.0853 e. The molecule has 1 rings (SSSR count). The van der Waals surface area contributed by atoms with Crippen molar-refractivity contribution in [2.24, 2.45) is 0 Å². The lowest BCUT2D eigenvalue weighted by Crippen LogP contribution is -2.28. The van der Waals surface area contributed by atoms with E-state index in [2.05, 4.69) is 30.8 Å². The highest BCUT2D eigenvalue weighted by Crippen LogP contribution is 2.17. The summed E-state index contributed by atoms with van der Waals surface area (Å²) in [6.45, 7) is 4.41. The Labute approximate surface area is 91.8 Å². The van der Waals surface area contributed by atoms with Crippen LogP contribution in [0, 0.1) is 0 Å². The third-order valence-electron chi connectivity index (χ3n) is 2.74. The van der Waals surface area contributed by atoms with E-state index in [0.717, 1.165) is 11.4 Å². The van der Waals surface area contributed by atoms with Crippen LogP contribution in [0.5, 0.6) is 0 Å². The average molecular weight is 208 g/mol. The van der Waals surface area contributed by atoms with Gasteiger partial charge >= 0.3 is 0 Å². The smallest absolute Gasteiger partial charge is 0.0853 e. The minimum atomic E-state index is 0.00381. The molecule has 0 aliphatic heterocycles. The maximum absolute atomic E-state index is 9.00. The number of aliphatic hydroxyl groups is 1. The van der Waals surface area contributed by atoms with Crippen LogP contribution in [0.15, 0.2) is 18.3 Å². The molecule has 0 aromatic carbocycles. The number of anilines is 1. The van der Waals surface area contributed by atoms with Crippen LogP contribution in [0.25, 0.3) is 0 Å². The molecule has 15 heavy (non-hydrogen) atoms. The fourth-order valence-corrected chi connectivity index (χ4v) is 1.64. The van der Waals surface area contributed by atoms with E-state index < -0.39 is 0 Å². The highest BCUT2D eigenvalue weighted by molar-refractivity contribution is 5.46. The molecule has 1 atom stereocenters. The van der Waals surface area contributed by atoms with Gasteiger partial charge in [0.15, 0.2) is 0 Å². The van der Waals surface area contributed by atoms with Crippen LogP contribution in [0.4, 0.5) is 5.69 Å². The predicted octanol–water partition coefficient (Wildman–Crippen LogP) is 2.20. The number of aliphatic hydroxyl groups excluding tert-OH is 1. The Morgan fingerprint density at radius 1 is 1.53 bits per heavy atom. The summed E-state index contributed by atoms with van der Waals surface area (Å²) >= 11 is 0. The number of pyridine rings is 1. The minimum absolute atomic E-state index is 0.00381. The Morgan fingerprint density at radius 3 is 2.87 bits per heavy atom. The van der Waals surface area contributed by atoms with Gasteiger partial charge in [0.2, 0.25) is 0 Å². The minimum Gasteiger partial charge on any atom is -0.390 e. The molecule has 3 nitrogen and oxygen atoms in total. The quantitative estimate of drug-likeness (QED) is 0.806. The molecule has 3 heteroatoms. The molecule has 0 bridgehead atoms. The van der Waals surface area contributed by atoms with Crippen LogP contribution >= 0.6 is 0 Å². The molecule has 0 aliphatic carbocycles. The van der Waals surface area contributed by atoms with Gasteiger partial charge in [-0.25, -0.2) is 0 Å². The predicted molar refractivity (Wildman–Crippen MR) is 62.9 cm³/mol. The van der Waals surface area contributed by atoms with Gasteiger partial charge in [-0.1, -0.05) is 13.3 Å². The molecule has 0 saturated heterocycles. The van der Waals surface area contributed by atoms with Crippen molar-refractivity contribution in [3.63, 3.8) is 0 Å². The van der Waals surface area contributed by atoms with Crippen molar-refractivity contribution in [3.8, 4) is 0 Å². The molecule has 1 N–H and O–H groups in total. The number of nitrogens with zero attached hydrogens (tertiary/aromatic N) is 2. The van der Waals surface area contributed by atoms with Crippen LogP contribution in [-0.2, 0) is 6.61 Å². The lowest BCUT2D eigenvalue weighted by Gasteiger charge is -2.26. The summed E-state index contributed by atoms with van der Waals surface area (Å²) in [5.74, 6) is 0. The van der Waals surface area contributed by atoms with E-state index in [0.29, 0.717) is 6.04 Å². The van der Waals surface area contributed by atoms with E-state index in [1.165, 1.54) is 12.8 Å². The van der Waals surface area contributed by atoms with Crippen molar-refractivity contribution >= 4 is 5.69 Å². The fraction of sp³-hybridized carbons (Fsp3) is 0.583. The van der Waals surface area contributed by atoms with Gasteiger partial charge in [-0.05, 0) is 25.5 Å². The van der Waals surface area contributed by atoms with Gasteiger partial charge in [0.05, 0.1) is 12.3 Å². The maximum atomic E-state index is 9.00. The Kier molecular flexibility index (Phi) is 4.56. The van der Waals surface area contributed by atoms with Crippen molar-refractivity contribution in [3.05, 3.63) is 24.0 Å². The normalized spacial score (nSPS) is 12.5. The van der Waals surface area contributed by atoms with E-state index in [-0.39, 0.29) is 6.61 Å². The highest BCUT2D eigenvalue weighted by Gasteiger charge is 2.09. The SMILES string of the molecule is CCCC(C)N(C)c1ccnc(CO)c1. The van der Waals surface area contributed by atoms with E-state index in [4.69, 9.17) is 5.11 Å². The monoisotopic (exact) mass is 208 g/mol. The Morgan fingerprint density at radius 2 is 2.27 bits per heavy atom. The van der Waals surface area contributed by atoms with Gasteiger partial charge < -0.3 is 10.0 Å². The Balaban J connectivity index is 2.76. The fourth-order valence-electron chi connectivity index (χ4n) is 1.64. The third kappa shape index (κ3) is 3.20. The van der Waals surface area contributed by atoms with Gasteiger partial charge in [-0.2, -0.15) is 0 Å². The number of hydrogen-bond donors (Lipinski definition) is 1. The molecule has 1 unspecified atom stereocenters. The van der Waals surface area contributed by atoms with Crippen LogP contribution in [0.1, 0.15) is 32.4 Å². The first-order chi connectivity index (χ1) is 7.19. The second-order valence-electron chi connectivity index (χ2n) is 3.91. The molecule has 0 radical (unpaired) electrons. The lowest BCUT2D eigenvalue weighted by molar-refractivity contribution is 0.277. The highest BCUT2D eigenvalue weighted by atomic mass is 16.3. The molecule has 1 aromatic rings. The molecule has 0 spiro atoms. The Hall–Kier alpha value is -1.09. The molecule has 84 valence electrons. The number of rotatable bonds is 5. The second kappa shape index (κ2) is 5.71. The first-order valence-corrected chi connectivity index (χ1v) is 5.47. The largest absolute Gasteiger partial charge is 0.390 e. The molecular weight excluding hydrogens is 188 g/mol. The van der Waals surface area contributed by atoms with Gasteiger partial charge in [0.25, 0.3) is 0 Å². The molecule has 0 aliphatic rings. The summed E-state index contributed by atoms with van der Waals surface area (Å²) in [4.78, 5) is 6.30. The third-order valence-corrected chi connectivity index (χ3v) is 2.74. The van der Waals surface area contributed by atoms with Crippen molar-refractivity contribution < 1.29 is 5.11 Å². The van der Waals surface area contributed by atoms with E-state index in [9.17, 15) is 0 Å². The summed E-state index contributed by atoms with van der Waals surface area (Å²) in [5.41, 5.74) is 1.85. The standard InChI is InChI=1S/C12H20N2O/c1-4-5-10(2)14(3)12-6-7-13-11(8-12)9-15/h6-8,10,15H,4-5,9H2,1-3H3. The van der Waals surface area contributed by atoms with Gasteiger partial charge in [-0.15, -0.1) is 0 Å². The average Bonchev–Trinajstić information content (AvgIpc) is 2.28. The van der Waals surface area contributed by atoms with Crippen LogP contribution in [0.3, 0.4) is 0 Å². The van der Waals surface area contributed by atoms with Crippen molar-refractivity contribution in [2.75, 3.05) is 11.9 Å². The summed E-state index contributed by atoms with van der Waals surface area (Å²) in [6.07, 6.45) is 4.10. The molecule has 0 amide bonds. The number of aromatic nitrogens is 1. The van der Waals surface area contributed by atoms with Gasteiger partial charge in [0, 0.05) is 25.0 Å². The Bertz CT molecular complexity index is 301. The molecule has 0 saturated carbocycles. The van der Waals surface area contributed by atoms with E-state index in [1.54, 1.807) is 6.20 Å². The van der Waals surface area contributed by atoms with E-state index in [1.807, 2.05) is 12.1 Å². The molecule has 0 fully saturated rings. The summed E-state index contributed by atoms with van der Waals surface area (Å²) in [6, 6.07) is 4.43. The zero-order chi connectivity index (χ0) is 11.3. The molecule has 1 aromatic heterocycles. The van der Waals surface area contributed by atoms with Crippen molar-refractivity contribution in [1.82, 2.24) is 4.98 Å². The van der Waals surface area contributed by atoms with E-state index >= 15 is 0 Å². The first-order valence-electron chi connectivity index (χ1n) is 5.47. The first kappa shape index (κ1) is 12.0. The lowest BCUT2D eigenvalue weighted by atomic mass is 10.1. The summed E-state index contributed by atoms with van der Waals surface area (Å²) < 4.78 is 0. The van der Waals surface area contributed by atoms with Gasteiger partial charge in [0.1, 0.15) is 0 Å². The van der Waals surface area contributed by atoms with Gasteiger partial charge in [-0.3, -0.25) is 4.98 Å². The second-order valence-corrected chi connectivity index (χ2v) is 3.91. The summed E-state index contributed by atoms with van der Waals surface area (Å²) in [7, 11) is 2.08. The zero-order valence-corrected chi connectivity index (χ0v) is 9.77. The van der Waals surface area contributed by atoms with Crippen LogP contribution < -0.4 is 4.90 Å². The van der Waals surface area contributed by atoms with Crippen LogP contribution in [-0.4, -0.2) is 23.2 Å². The van der Waals surface area contributed by atoms with Crippen molar-refractivity contribution in [2.45, 2.75) is 39.3 Å². The topological polar surface area (TPSA) is 36.4 Å². The molecular formula is C12H20N2O. The van der Waals surface area contributed by atoms with Crippen molar-refractivity contribution in [1.29, 1.82) is 0 Å². The number of hydrogen-bond acceptors (Lipinski definition) is 3. The zero-order valence-electron chi connectivity index (χ0n) is 9.77. The summed E-state index contributed by atoms with van der Waals surface area (Å²) in [5, 5.41) is 9.00. The van der Waals surface area contributed by atoms with Crippen LogP contribution in [0.2, 0.25) is 0 Å².